The molecule has 0 saturated carbocycles. The Hall–Kier alpha value is -1.69. The van der Waals surface area contributed by atoms with Crippen LogP contribution in [-0.4, -0.2) is 33.6 Å². The summed E-state index contributed by atoms with van der Waals surface area (Å²) in [5.41, 5.74) is 0.530. The Morgan fingerprint density at radius 3 is 2.88 bits per heavy atom. The number of aliphatic imine (C=N–C) groups is 1. The van der Waals surface area contributed by atoms with Gasteiger partial charge in [0.25, 0.3) is 0 Å². The number of carboxylic acids is 1. The predicted molar refractivity (Wildman–Crippen MR) is 63.4 cm³/mol. The second-order valence-electron chi connectivity index (χ2n) is 3.20. The number of hydrogen-bond donors (Lipinski definition) is 3. The van der Waals surface area contributed by atoms with E-state index in [1.54, 1.807) is 17.8 Å². The summed E-state index contributed by atoms with van der Waals surface area (Å²) in [4.78, 5) is 14.9. The number of nitrogens with zero attached hydrogens (tertiary/aromatic N) is 1. The van der Waals surface area contributed by atoms with Crippen LogP contribution in [0.5, 0.6) is 5.75 Å². The van der Waals surface area contributed by atoms with Crippen molar-refractivity contribution in [2.75, 3.05) is 17.6 Å². The lowest BCUT2D eigenvalue weighted by Crippen LogP contribution is -2.05. The summed E-state index contributed by atoms with van der Waals surface area (Å²) >= 11 is 1.59. The standard InChI is InChI=1S/C10H10N2O3S/c13-8-5-6(1-2-7(8)9(14)15)12-10-11-3-4-16-10/h1-2,5,13H,3-4H2,(H,11,12)(H,14,15). The van der Waals surface area contributed by atoms with E-state index in [0.29, 0.717) is 5.69 Å². The topological polar surface area (TPSA) is 81.9 Å². The van der Waals surface area contributed by atoms with Crippen LogP contribution >= 0.6 is 11.8 Å². The number of hydrogen-bond acceptors (Lipinski definition) is 5. The van der Waals surface area contributed by atoms with Crippen LogP contribution in [0.15, 0.2) is 23.2 Å². The Labute approximate surface area is 96.2 Å². The Balaban J connectivity index is 2.17. The van der Waals surface area contributed by atoms with Crippen molar-refractivity contribution < 1.29 is 15.0 Å². The fraction of sp³-hybridized carbons (Fsp3) is 0.200. The minimum atomic E-state index is -1.14. The fourth-order valence-electron chi connectivity index (χ4n) is 1.32. The van der Waals surface area contributed by atoms with Crippen LogP contribution in [0.25, 0.3) is 0 Å². The molecule has 0 aromatic heterocycles. The molecule has 1 aliphatic rings. The number of phenols is 1. The molecule has 0 amide bonds. The van der Waals surface area contributed by atoms with E-state index in [2.05, 4.69) is 10.3 Å². The van der Waals surface area contributed by atoms with Crippen molar-refractivity contribution in [2.24, 2.45) is 4.99 Å². The first-order chi connectivity index (χ1) is 7.66. The molecule has 3 N–H and O–H groups in total. The molecule has 84 valence electrons. The maximum Gasteiger partial charge on any atom is 0.339 e. The van der Waals surface area contributed by atoms with Gasteiger partial charge < -0.3 is 15.5 Å². The second kappa shape index (κ2) is 4.44. The monoisotopic (exact) mass is 238 g/mol. The van der Waals surface area contributed by atoms with Crippen LogP contribution in [-0.2, 0) is 0 Å². The molecule has 6 heteroatoms. The van der Waals surface area contributed by atoms with Gasteiger partial charge in [-0.05, 0) is 12.1 Å². The molecule has 1 aliphatic heterocycles. The molecule has 0 fully saturated rings. The second-order valence-corrected chi connectivity index (χ2v) is 4.28. The summed E-state index contributed by atoms with van der Waals surface area (Å²) in [5.74, 6) is -0.445. The highest BCUT2D eigenvalue weighted by molar-refractivity contribution is 8.14. The van der Waals surface area contributed by atoms with Gasteiger partial charge in [-0.3, -0.25) is 4.99 Å². The van der Waals surface area contributed by atoms with Gasteiger partial charge in [0.15, 0.2) is 5.17 Å². The van der Waals surface area contributed by atoms with Crippen molar-refractivity contribution in [1.82, 2.24) is 0 Å². The lowest BCUT2D eigenvalue weighted by molar-refractivity contribution is 0.0694. The Kier molecular flexibility index (Phi) is 3.00. The van der Waals surface area contributed by atoms with Gasteiger partial charge in [-0.15, -0.1) is 0 Å². The number of carbonyl (C=O) groups is 1. The Bertz CT molecular complexity index is 459. The molecule has 5 nitrogen and oxygen atoms in total. The van der Waals surface area contributed by atoms with E-state index in [1.807, 2.05) is 0 Å². The van der Waals surface area contributed by atoms with Gasteiger partial charge in [0.2, 0.25) is 0 Å². The van der Waals surface area contributed by atoms with Crippen LogP contribution < -0.4 is 5.32 Å². The van der Waals surface area contributed by atoms with Gasteiger partial charge in [-0.25, -0.2) is 4.79 Å². The van der Waals surface area contributed by atoms with E-state index in [4.69, 9.17) is 5.11 Å². The van der Waals surface area contributed by atoms with E-state index in [1.165, 1.54) is 12.1 Å². The number of aromatic hydroxyl groups is 1. The SMILES string of the molecule is O=C(O)c1ccc(NC2=NCCS2)cc1O. The maximum atomic E-state index is 10.7. The molecule has 1 heterocycles. The van der Waals surface area contributed by atoms with Crippen LogP contribution in [0.4, 0.5) is 5.69 Å². The zero-order chi connectivity index (χ0) is 11.5. The van der Waals surface area contributed by atoms with Crippen molar-refractivity contribution in [1.29, 1.82) is 0 Å². The normalized spacial score (nSPS) is 14.6. The highest BCUT2D eigenvalue weighted by atomic mass is 32.2. The van der Waals surface area contributed by atoms with Crippen LogP contribution in [0.1, 0.15) is 10.4 Å². The van der Waals surface area contributed by atoms with Crippen LogP contribution in [0, 0.1) is 0 Å². The average Bonchev–Trinajstić information content (AvgIpc) is 2.70. The fourth-order valence-corrected chi connectivity index (χ4v) is 2.07. The van der Waals surface area contributed by atoms with Crippen molar-refractivity contribution in [3.63, 3.8) is 0 Å². The van der Waals surface area contributed by atoms with Crippen molar-refractivity contribution in [3.05, 3.63) is 23.8 Å². The van der Waals surface area contributed by atoms with E-state index < -0.39 is 5.97 Å². The van der Waals surface area contributed by atoms with Crippen molar-refractivity contribution in [3.8, 4) is 5.75 Å². The molecule has 0 atom stereocenters. The number of amidine groups is 1. The molecular weight excluding hydrogens is 228 g/mol. The molecular formula is C10H10N2O3S. The molecule has 0 aliphatic carbocycles. The molecule has 0 saturated heterocycles. The average molecular weight is 238 g/mol. The molecule has 0 radical (unpaired) electrons. The Morgan fingerprint density at radius 1 is 1.50 bits per heavy atom. The highest BCUT2D eigenvalue weighted by Gasteiger charge is 2.11. The number of nitrogens with one attached hydrogen (secondary N) is 1. The summed E-state index contributed by atoms with van der Waals surface area (Å²) < 4.78 is 0. The summed E-state index contributed by atoms with van der Waals surface area (Å²) in [5, 5.41) is 22.0. The number of benzene rings is 1. The zero-order valence-corrected chi connectivity index (χ0v) is 9.12. The summed E-state index contributed by atoms with van der Waals surface area (Å²) in [6, 6.07) is 4.34. The summed E-state index contributed by atoms with van der Waals surface area (Å²) in [6.45, 7) is 0.784. The highest BCUT2D eigenvalue weighted by Crippen LogP contribution is 2.23. The Morgan fingerprint density at radius 2 is 2.31 bits per heavy atom. The molecule has 2 rings (SSSR count). The predicted octanol–water partition coefficient (Wildman–Crippen LogP) is 1.61. The van der Waals surface area contributed by atoms with Gasteiger partial charge in [0.1, 0.15) is 11.3 Å². The third kappa shape index (κ3) is 2.27. The van der Waals surface area contributed by atoms with Gasteiger partial charge in [-0.2, -0.15) is 0 Å². The summed E-state index contributed by atoms with van der Waals surface area (Å²) in [7, 11) is 0. The van der Waals surface area contributed by atoms with Gasteiger partial charge >= 0.3 is 5.97 Å². The lowest BCUT2D eigenvalue weighted by Gasteiger charge is -2.06. The number of thioether (sulfide) groups is 1. The van der Waals surface area contributed by atoms with E-state index in [0.717, 1.165) is 17.5 Å². The number of rotatable bonds is 2. The molecule has 1 aromatic rings. The first kappa shape index (κ1) is 10.8. The molecule has 0 unspecified atom stereocenters. The van der Waals surface area contributed by atoms with Gasteiger partial charge in [-0.1, -0.05) is 11.8 Å². The number of aromatic carboxylic acids is 1. The lowest BCUT2D eigenvalue weighted by atomic mass is 10.2. The van der Waals surface area contributed by atoms with Crippen molar-refractivity contribution in [2.45, 2.75) is 0 Å². The minimum absolute atomic E-state index is 0.105. The third-order valence-corrected chi connectivity index (χ3v) is 2.96. The molecule has 0 spiro atoms. The zero-order valence-electron chi connectivity index (χ0n) is 8.30. The van der Waals surface area contributed by atoms with Crippen molar-refractivity contribution >= 4 is 28.6 Å². The van der Waals surface area contributed by atoms with Crippen LogP contribution in [0.3, 0.4) is 0 Å². The smallest absolute Gasteiger partial charge is 0.339 e. The largest absolute Gasteiger partial charge is 0.507 e. The third-order valence-electron chi connectivity index (χ3n) is 2.06. The maximum absolute atomic E-state index is 10.7. The quantitative estimate of drug-likeness (QED) is 0.729. The first-order valence-electron chi connectivity index (χ1n) is 4.67. The van der Waals surface area contributed by atoms with Gasteiger partial charge in [0, 0.05) is 17.5 Å². The van der Waals surface area contributed by atoms with E-state index in [-0.39, 0.29) is 11.3 Å². The molecule has 16 heavy (non-hydrogen) atoms. The minimum Gasteiger partial charge on any atom is -0.507 e. The summed E-state index contributed by atoms with van der Waals surface area (Å²) in [6.07, 6.45) is 0. The van der Waals surface area contributed by atoms with Gasteiger partial charge in [0.05, 0.1) is 6.54 Å². The molecule has 1 aromatic carbocycles. The number of carboxylic acid groups (broad SMARTS) is 1. The number of anilines is 1. The van der Waals surface area contributed by atoms with E-state index >= 15 is 0 Å². The van der Waals surface area contributed by atoms with Crippen LogP contribution in [0.2, 0.25) is 0 Å². The van der Waals surface area contributed by atoms with E-state index in [9.17, 15) is 9.90 Å². The first-order valence-corrected chi connectivity index (χ1v) is 5.66. The molecule has 0 bridgehead atoms.